The molecular formula is C17H14FN3O2. The van der Waals surface area contributed by atoms with E-state index < -0.39 is 0 Å². The molecule has 6 heteroatoms. The zero-order chi connectivity index (χ0) is 16.2. The maximum Gasteiger partial charge on any atom is 0.274 e. The number of methoxy groups -OCH3 is 1. The first-order valence-corrected chi connectivity index (χ1v) is 6.91. The molecule has 1 heterocycles. The van der Waals surface area contributed by atoms with Crippen LogP contribution in [0.25, 0.3) is 5.69 Å². The number of amides is 1. The Morgan fingerprint density at radius 3 is 2.74 bits per heavy atom. The molecule has 0 atom stereocenters. The van der Waals surface area contributed by atoms with Gasteiger partial charge >= 0.3 is 0 Å². The van der Waals surface area contributed by atoms with Crippen molar-refractivity contribution < 1.29 is 13.9 Å². The summed E-state index contributed by atoms with van der Waals surface area (Å²) in [5, 5.41) is 2.79. The van der Waals surface area contributed by atoms with Crippen LogP contribution in [0.15, 0.2) is 61.1 Å². The van der Waals surface area contributed by atoms with Gasteiger partial charge in [-0.05, 0) is 36.4 Å². The number of ether oxygens (including phenoxy) is 1. The van der Waals surface area contributed by atoms with E-state index in [0.29, 0.717) is 22.8 Å². The summed E-state index contributed by atoms with van der Waals surface area (Å²) >= 11 is 0. The Labute approximate surface area is 132 Å². The van der Waals surface area contributed by atoms with Crippen LogP contribution in [0.2, 0.25) is 0 Å². The minimum Gasteiger partial charge on any atom is -0.497 e. The highest BCUT2D eigenvalue weighted by Crippen LogP contribution is 2.18. The molecule has 0 aliphatic heterocycles. The first kappa shape index (κ1) is 14.8. The molecule has 0 radical (unpaired) electrons. The Bertz CT molecular complexity index is 828. The molecule has 0 bridgehead atoms. The SMILES string of the molecule is COc1cccc(NC(=O)c2cncn2-c2ccc(F)cc2)c1. The molecule has 5 nitrogen and oxygen atoms in total. The molecule has 0 aliphatic rings. The highest BCUT2D eigenvalue weighted by Gasteiger charge is 2.13. The van der Waals surface area contributed by atoms with E-state index in [1.807, 2.05) is 0 Å². The number of imidazole rings is 1. The quantitative estimate of drug-likeness (QED) is 0.804. The molecule has 23 heavy (non-hydrogen) atoms. The molecule has 3 rings (SSSR count). The van der Waals surface area contributed by atoms with Crippen molar-refractivity contribution in [1.82, 2.24) is 9.55 Å². The largest absolute Gasteiger partial charge is 0.497 e. The van der Waals surface area contributed by atoms with Crippen molar-refractivity contribution in [2.24, 2.45) is 0 Å². The first-order valence-electron chi connectivity index (χ1n) is 6.91. The summed E-state index contributed by atoms with van der Waals surface area (Å²) in [5.74, 6) is -0.00818. The van der Waals surface area contributed by atoms with Crippen LogP contribution in [-0.4, -0.2) is 22.6 Å². The highest BCUT2D eigenvalue weighted by atomic mass is 19.1. The third-order valence-corrected chi connectivity index (χ3v) is 3.30. The van der Waals surface area contributed by atoms with E-state index in [0.717, 1.165) is 0 Å². The molecule has 0 aliphatic carbocycles. The summed E-state index contributed by atoms with van der Waals surface area (Å²) in [6.45, 7) is 0. The van der Waals surface area contributed by atoms with Gasteiger partial charge in [0.15, 0.2) is 0 Å². The van der Waals surface area contributed by atoms with Crippen molar-refractivity contribution in [3.05, 3.63) is 72.6 Å². The topological polar surface area (TPSA) is 56.1 Å². The maximum absolute atomic E-state index is 13.0. The first-order chi connectivity index (χ1) is 11.2. The second-order valence-electron chi connectivity index (χ2n) is 4.81. The highest BCUT2D eigenvalue weighted by molar-refractivity contribution is 6.03. The Kier molecular flexibility index (Phi) is 4.05. The Balaban J connectivity index is 1.86. The predicted octanol–water partition coefficient (Wildman–Crippen LogP) is 3.27. The fourth-order valence-corrected chi connectivity index (χ4v) is 2.17. The smallest absolute Gasteiger partial charge is 0.274 e. The fraction of sp³-hybridized carbons (Fsp3) is 0.0588. The normalized spacial score (nSPS) is 10.3. The van der Waals surface area contributed by atoms with Crippen LogP contribution in [0.5, 0.6) is 5.75 Å². The van der Waals surface area contributed by atoms with Crippen LogP contribution in [0.1, 0.15) is 10.5 Å². The van der Waals surface area contributed by atoms with E-state index in [9.17, 15) is 9.18 Å². The summed E-state index contributed by atoms with van der Waals surface area (Å²) < 4.78 is 19.7. The molecule has 0 saturated heterocycles. The van der Waals surface area contributed by atoms with E-state index in [-0.39, 0.29) is 11.7 Å². The molecule has 3 aromatic rings. The Hall–Kier alpha value is -3.15. The van der Waals surface area contributed by atoms with Crippen molar-refractivity contribution in [2.45, 2.75) is 0 Å². The number of rotatable bonds is 4. The summed E-state index contributed by atoms with van der Waals surface area (Å²) in [7, 11) is 1.56. The average molecular weight is 311 g/mol. The minimum atomic E-state index is -0.337. The molecule has 2 aromatic carbocycles. The van der Waals surface area contributed by atoms with Gasteiger partial charge < -0.3 is 10.1 Å². The van der Waals surface area contributed by atoms with Gasteiger partial charge in [-0.2, -0.15) is 0 Å². The van der Waals surface area contributed by atoms with Crippen molar-refractivity contribution in [1.29, 1.82) is 0 Å². The van der Waals surface area contributed by atoms with E-state index in [1.165, 1.54) is 24.7 Å². The number of carbonyl (C=O) groups is 1. The molecule has 0 saturated carbocycles. The van der Waals surface area contributed by atoms with Gasteiger partial charge in [0.25, 0.3) is 5.91 Å². The third kappa shape index (κ3) is 3.21. The lowest BCUT2D eigenvalue weighted by atomic mass is 10.2. The molecule has 116 valence electrons. The molecule has 0 spiro atoms. The van der Waals surface area contributed by atoms with E-state index in [4.69, 9.17) is 4.74 Å². The molecule has 1 aromatic heterocycles. The number of carbonyl (C=O) groups excluding carboxylic acids is 1. The zero-order valence-corrected chi connectivity index (χ0v) is 12.4. The number of hydrogen-bond acceptors (Lipinski definition) is 3. The fourth-order valence-electron chi connectivity index (χ4n) is 2.17. The van der Waals surface area contributed by atoms with E-state index in [1.54, 1.807) is 48.1 Å². The van der Waals surface area contributed by atoms with Crippen LogP contribution in [0.4, 0.5) is 10.1 Å². The van der Waals surface area contributed by atoms with Gasteiger partial charge in [-0.3, -0.25) is 9.36 Å². The van der Waals surface area contributed by atoms with E-state index in [2.05, 4.69) is 10.3 Å². The molecule has 1 N–H and O–H groups in total. The van der Waals surface area contributed by atoms with Crippen LogP contribution in [-0.2, 0) is 0 Å². The molecular weight excluding hydrogens is 297 g/mol. The van der Waals surface area contributed by atoms with Crippen LogP contribution in [0, 0.1) is 5.82 Å². The van der Waals surface area contributed by atoms with Crippen molar-refractivity contribution in [3.63, 3.8) is 0 Å². The Morgan fingerprint density at radius 1 is 1.22 bits per heavy atom. The number of hydrogen-bond donors (Lipinski definition) is 1. The summed E-state index contributed by atoms with van der Waals surface area (Å²) in [4.78, 5) is 16.5. The van der Waals surface area contributed by atoms with Gasteiger partial charge in [0.2, 0.25) is 0 Å². The molecule has 0 fully saturated rings. The van der Waals surface area contributed by atoms with E-state index >= 15 is 0 Å². The lowest BCUT2D eigenvalue weighted by molar-refractivity contribution is 0.102. The lowest BCUT2D eigenvalue weighted by Crippen LogP contribution is -2.16. The van der Waals surface area contributed by atoms with Crippen LogP contribution >= 0.6 is 0 Å². The number of nitrogens with one attached hydrogen (secondary N) is 1. The van der Waals surface area contributed by atoms with Gasteiger partial charge in [0, 0.05) is 17.4 Å². The number of aromatic nitrogens is 2. The predicted molar refractivity (Wildman–Crippen MR) is 84.5 cm³/mol. The van der Waals surface area contributed by atoms with Gasteiger partial charge in [0.05, 0.1) is 19.6 Å². The second-order valence-corrected chi connectivity index (χ2v) is 4.81. The zero-order valence-electron chi connectivity index (χ0n) is 12.4. The number of nitrogens with zero attached hydrogens (tertiary/aromatic N) is 2. The average Bonchev–Trinajstić information content (AvgIpc) is 3.05. The van der Waals surface area contributed by atoms with Gasteiger partial charge in [-0.25, -0.2) is 9.37 Å². The van der Waals surface area contributed by atoms with Crippen LogP contribution in [0.3, 0.4) is 0 Å². The maximum atomic E-state index is 13.0. The minimum absolute atomic E-state index is 0.319. The standard InChI is InChI=1S/C17H14FN3O2/c1-23-15-4-2-3-13(9-15)20-17(22)16-10-19-11-21(16)14-7-5-12(18)6-8-14/h2-11H,1H3,(H,20,22). The third-order valence-electron chi connectivity index (χ3n) is 3.30. The van der Waals surface area contributed by atoms with Gasteiger partial charge in [0.1, 0.15) is 17.3 Å². The number of halogens is 1. The summed E-state index contributed by atoms with van der Waals surface area (Å²) in [5.41, 5.74) is 1.61. The van der Waals surface area contributed by atoms with Crippen molar-refractivity contribution >= 4 is 11.6 Å². The number of benzene rings is 2. The van der Waals surface area contributed by atoms with Crippen molar-refractivity contribution in [2.75, 3.05) is 12.4 Å². The molecule has 0 unspecified atom stereocenters. The molecule has 1 amide bonds. The summed E-state index contributed by atoms with van der Waals surface area (Å²) in [6.07, 6.45) is 2.96. The van der Waals surface area contributed by atoms with Crippen molar-refractivity contribution in [3.8, 4) is 11.4 Å². The van der Waals surface area contributed by atoms with Gasteiger partial charge in [-0.15, -0.1) is 0 Å². The second kappa shape index (κ2) is 6.31. The van der Waals surface area contributed by atoms with Crippen LogP contribution < -0.4 is 10.1 Å². The Morgan fingerprint density at radius 2 is 2.00 bits per heavy atom. The number of anilines is 1. The van der Waals surface area contributed by atoms with Gasteiger partial charge in [-0.1, -0.05) is 6.07 Å². The lowest BCUT2D eigenvalue weighted by Gasteiger charge is -2.09. The monoisotopic (exact) mass is 311 g/mol. The summed E-state index contributed by atoms with van der Waals surface area (Å²) in [6, 6.07) is 12.9.